The molecule has 6 nitrogen and oxygen atoms in total. The van der Waals surface area contributed by atoms with Gasteiger partial charge in [0.2, 0.25) is 5.91 Å². The van der Waals surface area contributed by atoms with Crippen molar-refractivity contribution in [3.05, 3.63) is 77.8 Å². The van der Waals surface area contributed by atoms with E-state index in [1.807, 2.05) is 45.0 Å². The van der Waals surface area contributed by atoms with Gasteiger partial charge < -0.3 is 23.9 Å². The second-order valence-corrected chi connectivity index (χ2v) is 8.20. The first-order chi connectivity index (χ1) is 17.4. The van der Waals surface area contributed by atoms with Gasteiger partial charge in [0, 0.05) is 33.7 Å². The summed E-state index contributed by atoms with van der Waals surface area (Å²) in [5.74, 6) is 1.03. The Morgan fingerprint density at radius 2 is 1.86 bits per heavy atom. The molecule has 0 unspecified atom stereocenters. The van der Waals surface area contributed by atoms with Gasteiger partial charge in [-0.05, 0) is 62.7 Å². The van der Waals surface area contributed by atoms with Crippen molar-refractivity contribution in [1.29, 1.82) is 0 Å². The lowest BCUT2D eigenvalue weighted by atomic mass is 9.96. The van der Waals surface area contributed by atoms with E-state index in [0.29, 0.717) is 35.0 Å². The first-order valence-corrected chi connectivity index (χ1v) is 11.5. The predicted octanol–water partition coefficient (Wildman–Crippen LogP) is 7.01. The molecule has 186 valence electrons. The number of benzene rings is 3. The maximum absolute atomic E-state index is 14.0. The third kappa shape index (κ3) is 4.77. The Morgan fingerprint density at radius 3 is 2.56 bits per heavy atom. The molecule has 0 aliphatic rings. The number of anilines is 1. The molecule has 0 fully saturated rings. The van der Waals surface area contributed by atoms with Crippen molar-refractivity contribution in [2.75, 3.05) is 26.1 Å². The third-order valence-corrected chi connectivity index (χ3v) is 5.93. The molecule has 36 heavy (non-hydrogen) atoms. The van der Waals surface area contributed by atoms with Gasteiger partial charge in [0.1, 0.15) is 28.6 Å². The summed E-state index contributed by atoms with van der Waals surface area (Å²) in [6.45, 7) is 6.06. The first kappa shape index (κ1) is 24.9. The van der Waals surface area contributed by atoms with E-state index in [1.165, 1.54) is 18.2 Å². The smallest absolute Gasteiger partial charge is 0.248 e. The summed E-state index contributed by atoms with van der Waals surface area (Å²) in [5, 5.41) is 3.43. The van der Waals surface area contributed by atoms with E-state index in [1.54, 1.807) is 32.6 Å². The maximum Gasteiger partial charge on any atom is 0.248 e. The Kier molecular flexibility index (Phi) is 7.29. The van der Waals surface area contributed by atoms with E-state index < -0.39 is 11.7 Å². The number of rotatable bonds is 8. The van der Waals surface area contributed by atoms with Gasteiger partial charge in [-0.1, -0.05) is 12.1 Å². The monoisotopic (exact) mass is 489 g/mol. The molecule has 7 heteroatoms. The quantitative estimate of drug-likeness (QED) is 0.270. The fourth-order valence-corrected chi connectivity index (χ4v) is 4.18. The number of ether oxygens (including phenoxy) is 3. The molecular weight excluding hydrogens is 461 g/mol. The zero-order valence-corrected chi connectivity index (χ0v) is 20.9. The van der Waals surface area contributed by atoms with E-state index in [0.717, 1.165) is 27.6 Å². The van der Waals surface area contributed by atoms with Gasteiger partial charge in [-0.15, -0.1) is 0 Å². The molecule has 0 aliphatic heterocycles. The number of halogens is 1. The van der Waals surface area contributed by atoms with Crippen LogP contribution in [0.5, 0.6) is 17.2 Å². The van der Waals surface area contributed by atoms with Gasteiger partial charge in [-0.2, -0.15) is 0 Å². The number of para-hydroxylation sites is 1. The Bertz CT molecular complexity index is 1450. The van der Waals surface area contributed by atoms with Crippen LogP contribution in [0.4, 0.5) is 10.1 Å². The minimum absolute atomic E-state index is 0.116. The lowest BCUT2D eigenvalue weighted by Gasteiger charge is -2.15. The highest BCUT2D eigenvalue weighted by Gasteiger charge is 2.21. The number of fused-ring (bicyclic) bond motifs is 1. The van der Waals surface area contributed by atoms with Crippen LogP contribution in [0.2, 0.25) is 0 Å². The van der Waals surface area contributed by atoms with Gasteiger partial charge in [-0.3, -0.25) is 4.79 Å². The fourth-order valence-electron chi connectivity index (χ4n) is 4.18. The molecule has 0 aliphatic carbocycles. The van der Waals surface area contributed by atoms with Crippen molar-refractivity contribution >= 4 is 28.1 Å². The standard InChI is InChI=1S/C29H28FNO5/c1-6-35-28-18(3)29-22(23(16-36-29)21-14-19(33-4)11-12-26(21)34-5)15-20(28)17(2)13-27(32)31-25-10-8-7-9-24(25)30/h7-16H,6H2,1-5H3,(H,31,32)/b17-13+. The van der Waals surface area contributed by atoms with Gasteiger partial charge >= 0.3 is 0 Å². The van der Waals surface area contributed by atoms with Crippen LogP contribution in [0.1, 0.15) is 25.0 Å². The summed E-state index contributed by atoms with van der Waals surface area (Å²) in [7, 11) is 3.22. The van der Waals surface area contributed by atoms with Gasteiger partial charge in [0.05, 0.1) is 32.8 Å². The van der Waals surface area contributed by atoms with E-state index in [4.69, 9.17) is 18.6 Å². The molecular formula is C29H28FNO5. The normalized spacial score (nSPS) is 11.4. The fraction of sp³-hybridized carbons (Fsp3) is 0.207. The number of hydrogen-bond acceptors (Lipinski definition) is 5. The number of amides is 1. The van der Waals surface area contributed by atoms with Gasteiger partial charge in [-0.25, -0.2) is 4.39 Å². The average molecular weight is 490 g/mol. The van der Waals surface area contributed by atoms with Crippen LogP contribution in [0.3, 0.4) is 0 Å². The highest BCUT2D eigenvalue weighted by molar-refractivity contribution is 6.06. The highest BCUT2D eigenvalue weighted by Crippen LogP contribution is 2.43. The summed E-state index contributed by atoms with van der Waals surface area (Å²) >= 11 is 0. The minimum Gasteiger partial charge on any atom is -0.497 e. The van der Waals surface area contributed by atoms with Crippen molar-refractivity contribution in [2.24, 2.45) is 0 Å². The summed E-state index contributed by atoms with van der Waals surface area (Å²) in [6, 6.07) is 13.5. The Morgan fingerprint density at radius 1 is 1.08 bits per heavy atom. The van der Waals surface area contributed by atoms with Crippen LogP contribution in [0.25, 0.3) is 27.7 Å². The molecule has 0 atom stereocenters. The molecule has 0 bridgehead atoms. The highest BCUT2D eigenvalue weighted by atomic mass is 19.1. The second-order valence-electron chi connectivity index (χ2n) is 8.20. The summed E-state index contributed by atoms with van der Waals surface area (Å²) < 4.78 is 37.0. The van der Waals surface area contributed by atoms with Crippen molar-refractivity contribution in [2.45, 2.75) is 20.8 Å². The molecule has 0 spiro atoms. The lowest BCUT2D eigenvalue weighted by molar-refractivity contribution is -0.111. The molecule has 1 heterocycles. The van der Waals surface area contributed by atoms with Gasteiger partial charge in [0.15, 0.2) is 0 Å². The number of aryl methyl sites for hydroxylation is 1. The topological polar surface area (TPSA) is 69.9 Å². The van der Waals surface area contributed by atoms with Crippen LogP contribution in [-0.4, -0.2) is 26.7 Å². The van der Waals surface area contributed by atoms with Crippen molar-refractivity contribution in [3.8, 4) is 28.4 Å². The molecule has 1 amide bonds. The predicted molar refractivity (Wildman–Crippen MR) is 139 cm³/mol. The second kappa shape index (κ2) is 10.6. The van der Waals surface area contributed by atoms with Crippen molar-refractivity contribution in [3.63, 3.8) is 0 Å². The molecule has 1 N–H and O–H groups in total. The average Bonchev–Trinajstić information content (AvgIpc) is 3.30. The Labute approximate surface area is 209 Å². The number of furan rings is 1. The molecule has 4 aromatic rings. The molecule has 0 radical (unpaired) electrons. The van der Waals surface area contributed by atoms with Crippen LogP contribution in [0.15, 0.2) is 65.3 Å². The van der Waals surface area contributed by atoms with Crippen LogP contribution >= 0.6 is 0 Å². The third-order valence-electron chi connectivity index (χ3n) is 5.93. The van der Waals surface area contributed by atoms with E-state index in [2.05, 4.69) is 5.32 Å². The summed E-state index contributed by atoms with van der Waals surface area (Å²) in [5.41, 5.74) is 4.61. The molecule has 0 saturated carbocycles. The van der Waals surface area contributed by atoms with Crippen LogP contribution < -0.4 is 19.5 Å². The zero-order valence-electron chi connectivity index (χ0n) is 20.9. The zero-order chi connectivity index (χ0) is 25.8. The van der Waals surface area contributed by atoms with E-state index >= 15 is 0 Å². The summed E-state index contributed by atoms with van der Waals surface area (Å²) in [4.78, 5) is 12.7. The van der Waals surface area contributed by atoms with Crippen LogP contribution in [-0.2, 0) is 4.79 Å². The van der Waals surface area contributed by atoms with Gasteiger partial charge in [0.25, 0.3) is 0 Å². The molecule has 4 rings (SSSR count). The number of hydrogen-bond donors (Lipinski definition) is 1. The lowest BCUT2D eigenvalue weighted by Crippen LogP contribution is -2.10. The minimum atomic E-state index is -0.501. The molecule has 1 aromatic heterocycles. The largest absolute Gasteiger partial charge is 0.497 e. The molecule has 3 aromatic carbocycles. The maximum atomic E-state index is 14.0. The summed E-state index contributed by atoms with van der Waals surface area (Å²) in [6.07, 6.45) is 3.11. The van der Waals surface area contributed by atoms with Crippen molar-refractivity contribution < 1.29 is 27.8 Å². The number of allylic oxidation sites excluding steroid dienone is 1. The number of carbonyl (C=O) groups is 1. The Balaban J connectivity index is 1.84. The number of methoxy groups -OCH3 is 2. The van der Waals surface area contributed by atoms with E-state index in [-0.39, 0.29) is 5.69 Å². The SMILES string of the molecule is CCOc1c(/C(C)=C/C(=O)Nc2ccccc2F)cc2c(-c3cc(OC)ccc3OC)coc2c1C. The first-order valence-electron chi connectivity index (χ1n) is 11.5. The van der Waals surface area contributed by atoms with E-state index in [9.17, 15) is 9.18 Å². The molecule has 0 saturated heterocycles. The number of nitrogens with one attached hydrogen (secondary N) is 1. The van der Waals surface area contributed by atoms with Crippen LogP contribution in [0, 0.1) is 12.7 Å². The number of carbonyl (C=O) groups excluding carboxylic acids is 1. The Hall–Kier alpha value is -4.26. The van der Waals surface area contributed by atoms with Crippen molar-refractivity contribution in [1.82, 2.24) is 0 Å².